The van der Waals surface area contributed by atoms with Gasteiger partial charge in [-0.05, 0) is 42.0 Å². The second-order valence-electron chi connectivity index (χ2n) is 6.65. The van der Waals surface area contributed by atoms with E-state index in [4.69, 9.17) is 9.47 Å². The summed E-state index contributed by atoms with van der Waals surface area (Å²) in [5.41, 5.74) is 0.991. The zero-order chi connectivity index (χ0) is 21.6. The van der Waals surface area contributed by atoms with Crippen molar-refractivity contribution in [2.45, 2.75) is 24.8 Å². The third-order valence-corrected chi connectivity index (χ3v) is 5.66. The fourth-order valence-corrected chi connectivity index (χ4v) is 3.49. The number of nitrogens with one attached hydrogen (secondary N) is 2. The SMILES string of the molecule is COc1ccc(C(O)CNS(=O)(=O)c2ccc(NC(=O)C(C)C)cc2)cc1OC. The lowest BCUT2D eigenvalue weighted by atomic mass is 10.1. The van der Waals surface area contributed by atoms with Crippen LogP contribution >= 0.6 is 0 Å². The van der Waals surface area contributed by atoms with Gasteiger partial charge in [0.2, 0.25) is 15.9 Å². The number of aliphatic hydroxyl groups excluding tert-OH is 1. The number of benzene rings is 2. The highest BCUT2D eigenvalue weighted by Crippen LogP contribution is 2.30. The first-order valence-corrected chi connectivity index (χ1v) is 10.5. The van der Waals surface area contributed by atoms with Crippen LogP contribution in [-0.2, 0) is 14.8 Å². The predicted octanol–water partition coefficient (Wildman–Crippen LogP) is 2.31. The molecular formula is C20H26N2O6S. The quantitative estimate of drug-likeness (QED) is 0.571. The van der Waals surface area contributed by atoms with E-state index < -0.39 is 16.1 Å². The molecule has 2 rings (SSSR count). The maximum absolute atomic E-state index is 12.5. The third-order valence-electron chi connectivity index (χ3n) is 4.22. The molecule has 1 amide bonds. The van der Waals surface area contributed by atoms with Gasteiger partial charge in [0.05, 0.1) is 25.2 Å². The first-order chi connectivity index (χ1) is 13.7. The van der Waals surface area contributed by atoms with E-state index >= 15 is 0 Å². The third kappa shape index (κ3) is 5.93. The molecule has 0 aliphatic rings. The summed E-state index contributed by atoms with van der Waals surface area (Å²) in [6, 6.07) is 10.7. The van der Waals surface area contributed by atoms with Crippen molar-refractivity contribution in [1.29, 1.82) is 0 Å². The molecule has 0 saturated carbocycles. The van der Waals surface area contributed by atoms with E-state index in [1.54, 1.807) is 32.0 Å². The van der Waals surface area contributed by atoms with Crippen molar-refractivity contribution in [3.05, 3.63) is 48.0 Å². The van der Waals surface area contributed by atoms with Crippen LogP contribution in [0.5, 0.6) is 11.5 Å². The molecule has 0 aliphatic carbocycles. The maximum atomic E-state index is 12.5. The zero-order valence-electron chi connectivity index (χ0n) is 16.8. The van der Waals surface area contributed by atoms with Crippen LogP contribution in [0.1, 0.15) is 25.5 Å². The number of amides is 1. The predicted molar refractivity (Wildman–Crippen MR) is 110 cm³/mol. The minimum atomic E-state index is -3.83. The van der Waals surface area contributed by atoms with Gasteiger partial charge in [0.1, 0.15) is 0 Å². The van der Waals surface area contributed by atoms with Crippen molar-refractivity contribution < 1.29 is 27.8 Å². The van der Waals surface area contributed by atoms with Gasteiger partial charge in [-0.25, -0.2) is 13.1 Å². The highest BCUT2D eigenvalue weighted by atomic mass is 32.2. The first kappa shape index (κ1) is 22.7. The Morgan fingerprint density at radius 1 is 1.03 bits per heavy atom. The summed E-state index contributed by atoms with van der Waals surface area (Å²) in [5, 5.41) is 13.0. The lowest BCUT2D eigenvalue weighted by Gasteiger charge is -2.15. The Hall–Kier alpha value is -2.62. The number of aliphatic hydroxyl groups is 1. The van der Waals surface area contributed by atoms with Gasteiger partial charge in [0.15, 0.2) is 11.5 Å². The molecule has 29 heavy (non-hydrogen) atoms. The largest absolute Gasteiger partial charge is 0.493 e. The molecule has 0 spiro atoms. The number of carbonyl (C=O) groups excluding carboxylic acids is 1. The summed E-state index contributed by atoms with van der Waals surface area (Å²) < 4.78 is 37.7. The molecule has 0 aliphatic heterocycles. The zero-order valence-corrected chi connectivity index (χ0v) is 17.6. The van der Waals surface area contributed by atoms with Crippen molar-refractivity contribution in [3.8, 4) is 11.5 Å². The smallest absolute Gasteiger partial charge is 0.240 e. The fraction of sp³-hybridized carbons (Fsp3) is 0.350. The van der Waals surface area contributed by atoms with E-state index in [0.717, 1.165) is 0 Å². The molecule has 9 heteroatoms. The Labute approximate surface area is 170 Å². The van der Waals surface area contributed by atoms with Crippen molar-refractivity contribution in [2.24, 2.45) is 5.92 Å². The number of carbonyl (C=O) groups is 1. The maximum Gasteiger partial charge on any atom is 0.240 e. The fourth-order valence-electron chi connectivity index (χ4n) is 2.45. The summed E-state index contributed by atoms with van der Waals surface area (Å²) in [7, 11) is -0.854. The second kappa shape index (κ2) is 9.73. The molecule has 0 fully saturated rings. The van der Waals surface area contributed by atoms with Crippen LogP contribution in [0.2, 0.25) is 0 Å². The molecule has 1 atom stereocenters. The van der Waals surface area contributed by atoms with Gasteiger partial charge < -0.3 is 19.9 Å². The van der Waals surface area contributed by atoms with Gasteiger partial charge in [0, 0.05) is 18.2 Å². The summed E-state index contributed by atoms with van der Waals surface area (Å²) in [4.78, 5) is 11.7. The molecule has 158 valence electrons. The molecule has 0 aromatic heterocycles. The van der Waals surface area contributed by atoms with Crippen molar-refractivity contribution >= 4 is 21.6 Å². The van der Waals surface area contributed by atoms with Gasteiger partial charge in [-0.3, -0.25) is 4.79 Å². The van der Waals surface area contributed by atoms with Crippen LogP contribution in [0.25, 0.3) is 0 Å². The van der Waals surface area contributed by atoms with Crippen LogP contribution in [0.4, 0.5) is 5.69 Å². The van der Waals surface area contributed by atoms with E-state index in [-0.39, 0.29) is 23.3 Å². The van der Waals surface area contributed by atoms with Crippen molar-refractivity contribution in [3.63, 3.8) is 0 Å². The van der Waals surface area contributed by atoms with Gasteiger partial charge in [-0.1, -0.05) is 19.9 Å². The van der Waals surface area contributed by atoms with Crippen LogP contribution in [0.3, 0.4) is 0 Å². The Morgan fingerprint density at radius 3 is 2.21 bits per heavy atom. The molecule has 3 N–H and O–H groups in total. The van der Waals surface area contributed by atoms with Gasteiger partial charge in [-0.15, -0.1) is 0 Å². The second-order valence-corrected chi connectivity index (χ2v) is 8.42. The van der Waals surface area contributed by atoms with Gasteiger partial charge >= 0.3 is 0 Å². The summed E-state index contributed by atoms with van der Waals surface area (Å²) >= 11 is 0. The van der Waals surface area contributed by atoms with E-state index in [1.165, 1.54) is 38.5 Å². The number of anilines is 1. The van der Waals surface area contributed by atoms with Gasteiger partial charge in [-0.2, -0.15) is 0 Å². The van der Waals surface area contributed by atoms with Crippen LogP contribution < -0.4 is 19.5 Å². The Kier molecular flexibility index (Phi) is 7.60. The van der Waals surface area contributed by atoms with Crippen LogP contribution in [0.15, 0.2) is 47.4 Å². The van der Waals surface area contributed by atoms with E-state index in [9.17, 15) is 18.3 Å². The molecule has 1 unspecified atom stereocenters. The number of methoxy groups -OCH3 is 2. The molecule has 2 aromatic rings. The monoisotopic (exact) mass is 422 g/mol. The van der Waals surface area contributed by atoms with Crippen LogP contribution in [0, 0.1) is 5.92 Å². The summed E-state index contributed by atoms with van der Waals surface area (Å²) in [6.45, 7) is 3.31. The Balaban J connectivity index is 2.05. The van der Waals surface area contributed by atoms with Crippen LogP contribution in [-0.4, -0.2) is 40.2 Å². The molecule has 0 bridgehead atoms. The number of sulfonamides is 1. The summed E-state index contributed by atoms with van der Waals surface area (Å²) in [6.07, 6.45) is -1.07. The number of ether oxygens (including phenoxy) is 2. The normalized spacial score (nSPS) is 12.5. The Bertz CT molecular complexity index is 942. The van der Waals surface area contributed by atoms with Crippen molar-refractivity contribution in [2.75, 3.05) is 26.1 Å². The minimum absolute atomic E-state index is 0.0274. The van der Waals surface area contributed by atoms with E-state index in [0.29, 0.717) is 22.7 Å². The molecule has 2 aromatic carbocycles. The number of rotatable bonds is 9. The number of hydrogen-bond donors (Lipinski definition) is 3. The topological polar surface area (TPSA) is 114 Å². The lowest BCUT2D eigenvalue weighted by molar-refractivity contribution is -0.118. The van der Waals surface area contributed by atoms with E-state index in [1.807, 2.05) is 0 Å². The molecule has 0 heterocycles. The summed E-state index contributed by atoms with van der Waals surface area (Å²) in [5.74, 6) is 0.606. The average Bonchev–Trinajstić information content (AvgIpc) is 2.71. The molecule has 8 nitrogen and oxygen atoms in total. The van der Waals surface area contributed by atoms with E-state index in [2.05, 4.69) is 10.0 Å². The lowest BCUT2D eigenvalue weighted by Crippen LogP contribution is -2.28. The highest BCUT2D eigenvalue weighted by molar-refractivity contribution is 7.89. The first-order valence-electron chi connectivity index (χ1n) is 8.98. The van der Waals surface area contributed by atoms with Gasteiger partial charge in [0.25, 0.3) is 0 Å². The average molecular weight is 423 g/mol. The highest BCUT2D eigenvalue weighted by Gasteiger charge is 2.18. The minimum Gasteiger partial charge on any atom is -0.493 e. The molecule has 0 saturated heterocycles. The number of hydrogen-bond acceptors (Lipinski definition) is 6. The van der Waals surface area contributed by atoms with Crippen molar-refractivity contribution in [1.82, 2.24) is 4.72 Å². The Morgan fingerprint density at radius 2 is 1.66 bits per heavy atom. The molecule has 0 radical (unpaired) electrons. The molecular weight excluding hydrogens is 396 g/mol. The standard InChI is InChI=1S/C20H26N2O6S/c1-13(2)20(24)22-15-6-8-16(9-7-15)29(25,26)21-12-17(23)14-5-10-18(27-3)19(11-14)28-4/h5-11,13,17,21,23H,12H2,1-4H3,(H,22,24).